The van der Waals surface area contributed by atoms with E-state index in [9.17, 15) is 4.79 Å². The number of anilines is 1. The largest absolute Gasteiger partial charge is 0.311 e. The van der Waals surface area contributed by atoms with E-state index in [0.717, 1.165) is 29.7 Å². The van der Waals surface area contributed by atoms with Crippen molar-refractivity contribution in [1.82, 2.24) is 0 Å². The molecule has 0 saturated heterocycles. The van der Waals surface area contributed by atoms with Gasteiger partial charge >= 0.3 is 0 Å². The highest BCUT2D eigenvalue weighted by Crippen LogP contribution is 2.38. The second-order valence-corrected chi connectivity index (χ2v) is 5.19. The molecule has 0 radical (unpaired) electrons. The number of rotatable bonds is 1. The van der Waals surface area contributed by atoms with Gasteiger partial charge in [0.15, 0.2) is 0 Å². The van der Waals surface area contributed by atoms with Gasteiger partial charge in [0.1, 0.15) is 0 Å². The molecule has 1 aliphatic heterocycles. The Hall–Kier alpha value is -1.54. The first-order chi connectivity index (χ1) is 8.66. The zero-order chi connectivity index (χ0) is 12.7. The van der Waals surface area contributed by atoms with Crippen molar-refractivity contribution in [2.45, 2.75) is 19.3 Å². The molecule has 2 nitrogen and oxygen atoms in total. The fourth-order valence-corrected chi connectivity index (χ4v) is 2.73. The first-order valence-electron chi connectivity index (χ1n) is 6.15. The lowest BCUT2D eigenvalue weighted by Crippen LogP contribution is -2.20. The van der Waals surface area contributed by atoms with Crippen molar-refractivity contribution in [3.63, 3.8) is 0 Å². The van der Waals surface area contributed by atoms with Crippen LogP contribution in [0.3, 0.4) is 0 Å². The van der Waals surface area contributed by atoms with Gasteiger partial charge < -0.3 is 4.90 Å². The summed E-state index contributed by atoms with van der Waals surface area (Å²) in [6.45, 7) is 0. The fourth-order valence-electron chi connectivity index (χ4n) is 2.57. The molecule has 0 atom stereocenters. The molecule has 1 aliphatic carbocycles. The van der Waals surface area contributed by atoms with Crippen LogP contribution >= 0.6 is 11.6 Å². The van der Waals surface area contributed by atoms with Gasteiger partial charge in [0.25, 0.3) is 5.91 Å². The zero-order valence-electron chi connectivity index (χ0n) is 10.2. The molecule has 0 aromatic heterocycles. The molecule has 18 heavy (non-hydrogen) atoms. The molecule has 1 heterocycles. The third-order valence-electron chi connectivity index (χ3n) is 3.55. The third-order valence-corrected chi connectivity index (χ3v) is 3.79. The van der Waals surface area contributed by atoms with Gasteiger partial charge in [-0.1, -0.05) is 29.3 Å². The molecular formula is C15H14ClNO. The topological polar surface area (TPSA) is 20.3 Å². The Morgan fingerprint density at radius 1 is 1.39 bits per heavy atom. The number of carbonyl (C=O) groups is 1. The van der Waals surface area contributed by atoms with E-state index < -0.39 is 0 Å². The van der Waals surface area contributed by atoms with E-state index >= 15 is 0 Å². The van der Waals surface area contributed by atoms with Crippen LogP contribution in [0.4, 0.5) is 5.69 Å². The predicted molar refractivity (Wildman–Crippen MR) is 74.8 cm³/mol. The minimum atomic E-state index is 0.0556. The molecule has 0 unspecified atom stereocenters. The van der Waals surface area contributed by atoms with Crippen molar-refractivity contribution in [2.24, 2.45) is 0 Å². The maximum absolute atomic E-state index is 12.2. The number of allylic oxidation sites excluding steroid dienone is 3. The molecule has 3 heteroatoms. The summed E-state index contributed by atoms with van der Waals surface area (Å²) < 4.78 is 0. The molecule has 0 N–H and O–H groups in total. The molecule has 3 rings (SSSR count). The number of benzene rings is 1. The van der Waals surface area contributed by atoms with Crippen molar-refractivity contribution >= 4 is 28.8 Å². The van der Waals surface area contributed by atoms with Crippen molar-refractivity contribution in [2.75, 3.05) is 11.9 Å². The number of hydrogen-bond acceptors (Lipinski definition) is 1. The molecule has 92 valence electrons. The van der Waals surface area contributed by atoms with Crippen LogP contribution in [0.5, 0.6) is 0 Å². The third kappa shape index (κ3) is 1.77. The average Bonchev–Trinajstić information content (AvgIpc) is 2.94. The summed E-state index contributed by atoms with van der Waals surface area (Å²) in [5.74, 6) is 0.0556. The second kappa shape index (κ2) is 4.29. The molecule has 1 aromatic carbocycles. The van der Waals surface area contributed by atoms with Crippen molar-refractivity contribution in [1.29, 1.82) is 0 Å². The number of hydrogen-bond donors (Lipinski definition) is 0. The molecule has 1 amide bonds. The van der Waals surface area contributed by atoms with E-state index in [4.69, 9.17) is 11.6 Å². The van der Waals surface area contributed by atoms with Crippen molar-refractivity contribution in [3.05, 3.63) is 46.5 Å². The highest BCUT2D eigenvalue weighted by molar-refractivity contribution is 6.35. The molecule has 0 bridgehead atoms. The van der Waals surface area contributed by atoms with E-state index in [1.165, 1.54) is 12.0 Å². The smallest absolute Gasteiger partial charge is 0.258 e. The highest BCUT2D eigenvalue weighted by atomic mass is 35.5. The van der Waals surface area contributed by atoms with Crippen LogP contribution < -0.4 is 4.90 Å². The van der Waals surface area contributed by atoms with Gasteiger partial charge in [-0.2, -0.15) is 0 Å². The standard InChI is InChI=1S/C15H14ClNO/c1-17-14-9-11(16)6-7-12(14)13(15(17)18)8-10-4-2-3-5-10/h4,6-9H,2-3,5H2,1H3/b13-8+. The minimum absolute atomic E-state index is 0.0556. The van der Waals surface area contributed by atoms with Crippen LogP contribution in [0, 0.1) is 0 Å². The van der Waals surface area contributed by atoms with Gasteiger partial charge in [-0.15, -0.1) is 0 Å². The number of nitrogens with zero attached hydrogens (tertiary/aromatic N) is 1. The van der Waals surface area contributed by atoms with Crippen molar-refractivity contribution in [3.8, 4) is 0 Å². The predicted octanol–water partition coefficient (Wildman–Crippen LogP) is 3.81. The zero-order valence-corrected chi connectivity index (χ0v) is 11.0. The first-order valence-corrected chi connectivity index (χ1v) is 6.53. The van der Waals surface area contributed by atoms with Crippen LogP contribution in [0.1, 0.15) is 24.8 Å². The number of fused-ring (bicyclic) bond motifs is 1. The Kier molecular flexibility index (Phi) is 2.75. The van der Waals surface area contributed by atoms with Crippen LogP contribution in [0.25, 0.3) is 5.57 Å². The van der Waals surface area contributed by atoms with Gasteiger partial charge in [-0.3, -0.25) is 4.79 Å². The summed E-state index contributed by atoms with van der Waals surface area (Å²) in [5.41, 5.74) is 3.95. The van der Waals surface area contributed by atoms with E-state index in [1.54, 1.807) is 11.9 Å². The van der Waals surface area contributed by atoms with Crippen LogP contribution in [-0.4, -0.2) is 13.0 Å². The summed E-state index contributed by atoms with van der Waals surface area (Å²) in [6.07, 6.45) is 7.64. The lowest BCUT2D eigenvalue weighted by molar-refractivity contribution is -0.112. The fraction of sp³-hybridized carbons (Fsp3) is 0.267. The monoisotopic (exact) mass is 259 g/mol. The maximum atomic E-state index is 12.2. The normalized spacial score (nSPS) is 20.6. The maximum Gasteiger partial charge on any atom is 0.258 e. The summed E-state index contributed by atoms with van der Waals surface area (Å²) in [5, 5.41) is 0.662. The molecule has 0 saturated carbocycles. The number of likely N-dealkylation sites (N-methyl/N-ethyl adjacent to an activating group) is 1. The van der Waals surface area contributed by atoms with Gasteiger partial charge in [0.05, 0.1) is 5.69 Å². The summed E-state index contributed by atoms with van der Waals surface area (Å²) in [4.78, 5) is 13.9. The Balaban J connectivity index is 2.10. The Morgan fingerprint density at radius 3 is 2.94 bits per heavy atom. The number of amides is 1. The molecule has 1 aromatic rings. The molecule has 2 aliphatic rings. The van der Waals surface area contributed by atoms with Crippen LogP contribution in [-0.2, 0) is 4.79 Å². The SMILES string of the molecule is CN1C(=O)/C(=C/C2=CCCC2)c2ccc(Cl)cc21. The Morgan fingerprint density at radius 2 is 2.22 bits per heavy atom. The van der Waals surface area contributed by atoms with Crippen LogP contribution in [0.15, 0.2) is 35.9 Å². The van der Waals surface area contributed by atoms with Crippen molar-refractivity contribution < 1.29 is 4.79 Å². The van der Waals surface area contributed by atoms with E-state index in [2.05, 4.69) is 6.08 Å². The van der Waals surface area contributed by atoms with E-state index in [0.29, 0.717) is 5.02 Å². The Labute approximate surface area is 112 Å². The quantitative estimate of drug-likeness (QED) is 0.703. The second-order valence-electron chi connectivity index (χ2n) is 4.75. The summed E-state index contributed by atoms with van der Waals surface area (Å²) >= 11 is 5.99. The van der Waals surface area contributed by atoms with Gasteiger partial charge in [-0.05, 0) is 37.5 Å². The number of carbonyl (C=O) groups excluding carboxylic acids is 1. The summed E-state index contributed by atoms with van der Waals surface area (Å²) in [7, 11) is 1.79. The Bertz CT molecular complexity index is 586. The first kappa shape index (κ1) is 11.5. The van der Waals surface area contributed by atoms with E-state index in [1.807, 2.05) is 24.3 Å². The van der Waals surface area contributed by atoms with Gasteiger partial charge in [0, 0.05) is 23.2 Å². The highest BCUT2D eigenvalue weighted by Gasteiger charge is 2.29. The number of halogens is 1. The lowest BCUT2D eigenvalue weighted by atomic mass is 10.0. The van der Waals surface area contributed by atoms with Gasteiger partial charge in [0.2, 0.25) is 0 Å². The summed E-state index contributed by atoms with van der Waals surface area (Å²) in [6, 6.07) is 5.61. The molecular weight excluding hydrogens is 246 g/mol. The van der Waals surface area contributed by atoms with Crippen LogP contribution in [0.2, 0.25) is 5.02 Å². The van der Waals surface area contributed by atoms with E-state index in [-0.39, 0.29) is 5.91 Å². The average molecular weight is 260 g/mol. The minimum Gasteiger partial charge on any atom is -0.311 e. The molecule has 0 fully saturated rings. The lowest BCUT2D eigenvalue weighted by Gasteiger charge is -2.08. The molecule has 0 spiro atoms. The van der Waals surface area contributed by atoms with Gasteiger partial charge in [-0.25, -0.2) is 0 Å².